The number of hydrogen-bond donors (Lipinski definition) is 2. The topological polar surface area (TPSA) is 55.1 Å². The predicted molar refractivity (Wildman–Crippen MR) is 81.2 cm³/mol. The lowest BCUT2D eigenvalue weighted by Gasteiger charge is -2.25. The minimum Gasteiger partial charge on any atom is -0.325 e. The van der Waals surface area contributed by atoms with Gasteiger partial charge in [0, 0.05) is 5.69 Å². The van der Waals surface area contributed by atoms with Crippen LogP contribution in [0.4, 0.5) is 5.69 Å². The number of anilines is 1. The molecule has 0 fully saturated rings. The van der Waals surface area contributed by atoms with E-state index in [4.69, 9.17) is 5.73 Å². The van der Waals surface area contributed by atoms with Crippen LogP contribution in [-0.4, -0.2) is 11.9 Å². The highest BCUT2D eigenvalue weighted by Crippen LogP contribution is 2.22. The van der Waals surface area contributed by atoms with Crippen LogP contribution in [0.3, 0.4) is 0 Å². The lowest BCUT2D eigenvalue weighted by Crippen LogP contribution is -2.45. The third-order valence-corrected chi connectivity index (χ3v) is 3.58. The first-order chi connectivity index (χ1) is 8.75. The molecular formula is C16H26N2O. The Morgan fingerprint density at radius 1 is 1.26 bits per heavy atom. The second kappa shape index (κ2) is 6.20. The lowest BCUT2D eigenvalue weighted by atomic mass is 9.87. The molecule has 2 unspecified atom stereocenters. The quantitative estimate of drug-likeness (QED) is 0.872. The van der Waals surface area contributed by atoms with Crippen LogP contribution in [0.2, 0.25) is 0 Å². The van der Waals surface area contributed by atoms with Crippen LogP contribution in [0.1, 0.15) is 52.5 Å². The van der Waals surface area contributed by atoms with Crippen molar-refractivity contribution in [2.75, 3.05) is 5.32 Å². The molecular weight excluding hydrogens is 236 g/mol. The number of hydrogen-bond acceptors (Lipinski definition) is 2. The molecule has 3 N–H and O–H groups in total. The minimum atomic E-state index is -0.512. The summed E-state index contributed by atoms with van der Waals surface area (Å²) in [6.45, 7) is 10.3. The maximum Gasteiger partial charge on any atom is 0.241 e. The Balaban J connectivity index is 2.71. The Kier molecular flexibility index (Phi) is 5.12. The summed E-state index contributed by atoms with van der Waals surface area (Å²) in [6.07, 6.45) is 1.11. The summed E-state index contributed by atoms with van der Waals surface area (Å²) in [5.74, 6) is 0.408. The van der Waals surface area contributed by atoms with Gasteiger partial charge in [0.15, 0.2) is 0 Å². The van der Waals surface area contributed by atoms with Crippen LogP contribution >= 0.6 is 0 Å². The lowest BCUT2D eigenvalue weighted by molar-refractivity contribution is -0.119. The highest BCUT2D eigenvalue weighted by molar-refractivity contribution is 5.95. The maximum atomic E-state index is 12.0. The van der Waals surface area contributed by atoms with E-state index < -0.39 is 6.04 Å². The summed E-state index contributed by atoms with van der Waals surface area (Å²) in [6, 6.07) is 7.49. The van der Waals surface area contributed by atoms with Crippen molar-refractivity contribution in [2.45, 2.75) is 53.0 Å². The van der Waals surface area contributed by atoms with Crippen molar-refractivity contribution in [1.82, 2.24) is 0 Å². The van der Waals surface area contributed by atoms with E-state index in [1.807, 2.05) is 32.9 Å². The number of benzene rings is 1. The average Bonchev–Trinajstić information content (AvgIpc) is 2.36. The van der Waals surface area contributed by atoms with Gasteiger partial charge in [0.25, 0.3) is 0 Å². The highest BCUT2D eigenvalue weighted by atomic mass is 16.2. The zero-order chi connectivity index (χ0) is 14.6. The van der Waals surface area contributed by atoms with Gasteiger partial charge < -0.3 is 11.1 Å². The van der Waals surface area contributed by atoms with E-state index in [0.717, 1.165) is 12.1 Å². The van der Waals surface area contributed by atoms with Gasteiger partial charge in [0.1, 0.15) is 0 Å². The molecule has 0 radical (unpaired) electrons. The van der Waals surface area contributed by atoms with Gasteiger partial charge in [0.05, 0.1) is 6.04 Å². The molecule has 0 saturated carbocycles. The SMILES string of the molecule is CCC(C)c1ccc(NC(=O)C(N)C(C)(C)C)cc1. The number of amides is 1. The van der Waals surface area contributed by atoms with Crippen LogP contribution in [0.15, 0.2) is 24.3 Å². The number of nitrogens with two attached hydrogens (primary N) is 1. The summed E-state index contributed by atoms with van der Waals surface area (Å²) in [5.41, 5.74) is 7.79. The molecule has 0 saturated heterocycles. The Hall–Kier alpha value is -1.35. The van der Waals surface area contributed by atoms with Crippen LogP contribution in [0.5, 0.6) is 0 Å². The number of carbonyl (C=O) groups excluding carboxylic acids is 1. The van der Waals surface area contributed by atoms with E-state index in [2.05, 4.69) is 31.3 Å². The first-order valence-electron chi connectivity index (χ1n) is 6.92. The van der Waals surface area contributed by atoms with Crippen molar-refractivity contribution in [3.8, 4) is 0 Å². The Morgan fingerprint density at radius 2 is 1.79 bits per heavy atom. The van der Waals surface area contributed by atoms with Gasteiger partial charge in [-0.25, -0.2) is 0 Å². The number of nitrogens with one attached hydrogen (secondary N) is 1. The zero-order valence-corrected chi connectivity index (χ0v) is 12.7. The van der Waals surface area contributed by atoms with E-state index in [1.165, 1.54) is 5.56 Å². The molecule has 0 aliphatic carbocycles. The number of rotatable bonds is 4. The first kappa shape index (κ1) is 15.7. The van der Waals surface area contributed by atoms with Crippen molar-refractivity contribution in [1.29, 1.82) is 0 Å². The van der Waals surface area contributed by atoms with Gasteiger partial charge in [-0.1, -0.05) is 46.8 Å². The predicted octanol–water partition coefficient (Wildman–Crippen LogP) is 3.51. The third-order valence-electron chi connectivity index (χ3n) is 3.58. The zero-order valence-electron chi connectivity index (χ0n) is 12.7. The second-order valence-corrected chi connectivity index (χ2v) is 6.26. The Morgan fingerprint density at radius 3 is 2.21 bits per heavy atom. The summed E-state index contributed by atoms with van der Waals surface area (Å²) in [4.78, 5) is 12.0. The fourth-order valence-electron chi connectivity index (χ4n) is 1.74. The molecule has 106 valence electrons. The summed E-state index contributed by atoms with van der Waals surface area (Å²) < 4.78 is 0. The van der Waals surface area contributed by atoms with Gasteiger partial charge in [-0.05, 0) is 35.4 Å². The van der Waals surface area contributed by atoms with Crippen molar-refractivity contribution in [3.63, 3.8) is 0 Å². The molecule has 3 nitrogen and oxygen atoms in total. The third kappa shape index (κ3) is 4.35. The molecule has 0 spiro atoms. The van der Waals surface area contributed by atoms with Crippen LogP contribution in [-0.2, 0) is 4.79 Å². The normalized spacial score (nSPS) is 14.8. The van der Waals surface area contributed by atoms with E-state index >= 15 is 0 Å². The van der Waals surface area contributed by atoms with E-state index in [1.54, 1.807) is 0 Å². The molecule has 1 amide bonds. The Labute approximate surface area is 116 Å². The molecule has 1 aromatic rings. The molecule has 0 heterocycles. The van der Waals surface area contributed by atoms with Crippen molar-refractivity contribution in [2.24, 2.45) is 11.1 Å². The summed E-state index contributed by atoms with van der Waals surface area (Å²) in [7, 11) is 0. The highest BCUT2D eigenvalue weighted by Gasteiger charge is 2.27. The van der Waals surface area contributed by atoms with Gasteiger partial charge in [-0.3, -0.25) is 4.79 Å². The van der Waals surface area contributed by atoms with Gasteiger partial charge in [-0.15, -0.1) is 0 Å². The van der Waals surface area contributed by atoms with Gasteiger partial charge in [0.2, 0.25) is 5.91 Å². The molecule has 2 atom stereocenters. The van der Waals surface area contributed by atoms with Gasteiger partial charge >= 0.3 is 0 Å². The average molecular weight is 262 g/mol. The summed E-state index contributed by atoms with van der Waals surface area (Å²) >= 11 is 0. The van der Waals surface area contributed by atoms with E-state index in [9.17, 15) is 4.79 Å². The van der Waals surface area contributed by atoms with Crippen LogP contribution in [0.25, 0.3) is 0 Å². The smallest absolute Gasteiger partial charge is 0.241 e. The molecule has 0 aliphatic heterocycles. The molecule has 0 aromatic heterocycles. The van der Waals surface area contributed by atoms with E-state index in [0.29, 0.717) is 5.92 Å². The van der Waals surface area contributed by atoms with Crippen molar-refractivity contribution >= 4 is 11.6 Å². The number of carbonyl (C=O) groups is 1. The largest absolute Gasteiger partial charge is 0.325 e. The second-order valence-electron chi connectivity index (χ2n) is 6.26. The summed E-state index contributed by atoms with van der Waals surface area (Å²) in [5, 5.41) is 2.87. The minimum absolute atomic E-state index is 0.135. The van der Waals surface area contributed by atoms with Crippen LogP contribution < -0.4 is 11.1 Å². The van der Waals surface area contributed by atoms with Crippen molar-refractivity contribution in [3.05, 3.63) is 29.8 Å². The molecule has 19 heavy (non-hydrogen) atoms. The monoisotopic (exact) mass is 262 g/mol. The maximum absolute atomic E-state index is 12.0. The van der Waals surface area contributed by atoms with Crippen LogP contribution in [0, 0.1) is 5.41 Å². The standard InChI is InChI=1S/C16H26N2O/c1-6-11(2)12-7-9-13(10-8-12)18-15(19)14(17)16(3,4)5/h7-11,14H,6,17H2,1-5H3,(H,18,19). The fraction of sp³-hybridized carbons (Fsp3) is 0.562. The van der Waals surface area contributed by atoms with Crippen molar-refractivity contribution < 1.29 is 4.79 Å². The first-order valence-corrected chi connectivity index (χ1v) is 6.92. The Bertz CT molecular complexity index is 417. The molecule has 1 aromatic carbocycles. The molecule has 0 bridgehead atoms. The fourth-order valence-corrected chi connectivity index (χ4v) is 1.74. The molecule has 1 rings (SSSR count). The molecule has 0 aliphatic rings. The van der Waals surface area contributed by atoms with E-state index in [-0.39, 0.29) is 11.3 Å². The molecule has 3 heteroatoms. The van der Waals surface area contributed by atoms with Gasteiger partial charge in [-0.2, -0.15) is 0 Å².